The van der Waals surface area contributed by atoms with Crippen LogP contribution in [-0.4, -0.2) is 133 Å². The van der Waals surface area contributed by atoms with Crippen LogP contribution in [0.2, 0.25) is 0 Å². The van der Waals surface area contributed by atoms with Crippen molar-refractivity contribution in [1.82, 2.24) is 30.3 Å². The largest absolute Gasteiger partial charge is 0.444 e. The van der Waals surface area contributed by atoms with E-state index in [1.807, 2.05) is 75.9 Å². The van der Waals surface area contributed by atoms with E-state index in [9.17, 15) is 24.0 Å². The molecule has 0 saturated carbocycles. The molecule has 0 radical (unpaired) electrons. The number of nitrogens with one attached hydrogen (secondary N) is 3. The SMILES string of the molecule is CC[C@H](C)[C@@H]([C@@H](CC(=O)N1CCC[C@H]1[C@H](OC)[C@@H](C)C(=O)NCCc1c[nH]c2ccccc12)OC)N(C)[C@H](C(=O)NC(=O)[C@H](C(C)C)N(C)C(=O)OC(C)(C)C)C(C)C. The summed E-state index contributed by atoms with van der Waals surface area (Å²) in [5, 5.41) is 6.84. The maximum atomic E-state index is 14.3. The summed E-state index contributed by atoms with van der Waals surface area (Å²) in [6, 6.07) is 5.68. The second-order valence-corrected chi connectivity index (χ2v) is 18.0. The number of fused-ring (bicyclic) bond motifs is 1. The third kappa shape index (κ3) is 12.7. The Balaban J connectivity index is 1.75. The molecular weight excluding hydrogens is 753 g/mol. The number of H-pyrrole nitrogens is 1. The lowest BCUT2D eigenvalue weighted by atomic mass is 9.87. The minimum Gasteiger partial charge on any atom is -0.444 e. The van der Waals surface area contributed by atoms with Crippen LogP contribution < -0.4 is 10.6 Å². The van der Waals surface area contributed by atoms with E-state index in [1.165, 1.54) is 11.9 Å². The van der Waals surface area contributed by atoms with Crippen LogP contribution in [-0.2, 0) is 39.8 Å². The predicted molar refractivity (Wildman–Crippen MR) is 231 cm³/mol. The first-order valence-corrected chi connectivity index (χ1v) is 21.4. The molecule has 3 N–H and O–H groups in total. The van der Waals surface area contributed by atoms with Crippen LogP contribution in [0.3, 0.4) is 0 Å². The highest BCUT2D eigenvalue weighted by atomic mass is 16.6. The van der Waals surface area contributed by atoms with Gasteiger partial charge in [-0.1, -0.05) is 73.1 Å². The van der Waals surface area contributed by atoms with Crippen LogP contribution in [0.5, 0.6) is 0 Å². The van der Waals surface area contributed by atoms with Gasteiger partial charge in [-0.15, -0.1) is 0 Å². The monoisotopic (exact) mass is 827 g/mol. The molecule has 1 fully saturated rings. The highest BCUT2D eigenvalue weighted by Crippen LogP contribution is 2.31. The number of likely N-dealkylation sites (N-methyl/N-ethyl adjacent to an activating group) is 2. The number of benzene rings is 1. The third-order valence-electron chi connectivity index (χ3n) is 11.9. The van der Waals surface area contributed by atoms with Gasteiger partial charge in [-0.2, -0.15) is 0 Å². The Morgan fingerprint density at radius 2 is 1.54 bits per heavy atom. The third-order valence-corrected chi connectivity index (χ3v) is 11.9. The van der Waals surface area contributed by atoms with Crippen LogP contribution in [0.15, 0.2) is 30.5 Å². The molecule has 59 heavy (non-hydrogen) atoms. The molecule has 1 aliphatic heterocycles. The Morgan fingerprint density at radius 3 is 2.12 bits per heavy atom. The summed E-state index contributed by atoms with van der Waals surface area (Å²) < 4.78 is 17.6. The van der Waals surface area contributed by atoms with E-state index in [-0.39, 0.29) is 48.1 Å². The summed E-state index contributed by atoms with van der Waals surface area (Å²) in [5.41, 5.74) is 1.43. The van der Waals surface area contributed by atoms with E-state index >= 15 is 0 Å². The molecule has 3 rings (SSSR count). The van der Waals surface area contributed by atoms with Crippen molar-refractivity contribution in [2.24, 2.45) is 23.7 Å². The van der Waals surface area contributed by atoms with Crippen LogP contribution in [0.25, 0.3) is 10.9 Å². The predicted octanol–water partition coefficient (Wildman–Crippen LogP) is 5.78. The lowest BCUT2D eigenvalue weighted by molar-refractivity contribution is -0.144. The Hall–Kier alpha value is -4.01. The summed E-state index contributed by atoms with van der Waals surface area (Å²) in [5.74, 6) is -2.38. The van der Waals surface area contributed by atoms with Crippen LogP contribution in [0, 0.1) is 23.7 Å². The molecule has 1 saturated heterocycles. The summed E-state index contributed by atoms with van der Waals surface area (Å²) in [6.07, 6.45) is 3.17. The van der Waals surface area contributed by atoms with Gasteiger partial charge in [-0.05, 0) is 76.5 Å². The Kier molecular flexibility index (Phi) is 18.4. The van der Waals surface area contributed by atoms with Gasteiger partial charge < -0.3 is 29.4 Å². The van der Waals surface area contributed by atoms with Gasteiger partial charge in [0.1, 0.15) is 11.6 Å². The number of hydrogen-bond acceptors (Lipinski definition) is 9. The molecule has 1 aromatic carbocycles. The smallest absolute Gasteiger partial charge is 0.410 e. The van der Waals surface area contributed by atoms with Crippen molar-refractivity contribution >= 4 is 40.6 Å². The lowest BCUT2D eigenvalue weighted by Gasteiger charge is -2.43. The zero-order chi connectivity index (χ0) is 44.4. The number of carbonyl (C=O) groups is 5. The number of ether oxygens (including phenoxy) is 3. The molecule has 332 valence electrons. The number of aromatic nitrogens is 1. The van der Waals surface area contributed by atoms with Crippen LogP contribution in [0.4, 0.5) is 4.79 Å². The number of carbonyl (C=O) groups excluding carboxylic acids is 5. The number of amides is 5. The standard InChI is InChI=1S/C45H74N6O8/c1-15-29(6)39(49(11)37(27(2)3)42(54)48-43(55)38(28(4)5)50(12)44(56)59-45(8,9)10)35(57-13)25-36(52)51-24-18-21-34(51)40(58-14)30(7)41(53)46-23-22-31-26-47-33-20-17-16-19-32(31)33/h16-17,19-20,26-30,34-35,37-40,47H,15,18,21-25H2,1-14H3,(H,46,53)(H,48,54,55)/t29-,30+,34-,35+,37-,38-,39-,40+/m0/s1. The van der Waals surface area contributed by atoms with E-state index in [0.717, 1.165) is 29.3 Å². The number of rotatable bonds is 20. The van der Waals surface area contributed by atoms with Crippen molar-refractivity contribution in [1.29, 1.82) is 0 Å². The van der Waals surface area contributed by atoms with E-state index in [2.05, 4.69) is 35.5 Å². The molecule has 5 amide bonds. The van der Waals surface area contributed by atoms with Crippen molar-refractivity contribution in [3.63, 3.8) is 0 Å². The van der Waals surface area contributed by atoms with Crippen LogP contribution >= 0.6 is 0 Å². The number of likely N-dealkylation sites (tertiary alicyclic amines) is 1. The topological polar surface area (TPSA) is 163 Å². The van der Waals surface area contributed by atoms with Crippen molar-refractivity contribution in [3.05, 3.63) is 36.0 Å². The van der Waals surface area contributed by atoms with Crippen molar-refractivity contribution in [2.75, 3.05) is 41.4 Å². The molecule has 2 aromatic rings. The average molecular weight is 827 g/mol. The highest BCUT2D eigenvalue weighted by molar-refractivity contribution is 6.01. The number of nitrogens with zero attached hydrogens (tertiary/aromatic N) is 3. The fraction of sp³-hybridized carbons (Fsp3) is 0.711. The Morgan fingerprint density at radius 1 is 0.915 bits per heavy atom. The molecule has 0 spiro atoms. The first kappa shape index (κ1) is 49.4. The minimum absolute atomic E-state index is 0.00158. The van der Waals surface area contributed by atoms with Gasteiger partial charge in [-0.25, -0.2) is 4.79 Å². The molecule has 2 heterocycles. The molecule has 1 aromatic heterocycles. The van der Waals surface area contributed by atoms with Gasteiger partial charge in [0.25, 0.3) is 0 Å². The van der Waals surface area contributed by atoms with Gasteiger partial charge in [0.05, 0.1) is 36.6 Å². The lowest BCUT2D eigenvalue weighted by Crippen LogP contribution is -2.60. The molecule has 8 atom stereocenters. The zero-order valence-electron chi connectivity index (χ0n) is 38.2. The van der Waals surface area contributed by atoms with E-state index in [1.54, 1.807) is 35.0 Å². The van der Waals surface area contributed by atoms with Crippen LogP contribution in [0.1, 0.15) is 100 Å². The summed E-state index contributed by atoms with van der Waals surface area (Å²) in [7, 11) is 6.51. The first-order chi connectivity index (χ1) is 27.7. The molecule has 14 heteroatoms. The van der Waals surface area contributed by atoms with Gasteiger partial charge in [0.2, 0.25) is 23.6 Å². The molecule has 14 nitrogen and oxygen atoms in total. The molecule has 1 aliphatic rings. The summed E-state index contributed by atoms with van der Waals surface area (Å²) in [6.45, 7) is 19.7. The summed E-state index contributed by atoms with van der Waals surface area (Å²) in [4.78, 5) is 76.9. The highest BCUT2D eigenvalue weighted by Gasteiger charge is 2.44. The number of imide groups is 1. The maximum absolute atomic E-state index is 14.3. The Labute approximate surface area is 352 Å². The number of methoxy groups -OCH3 is 2. The normalized spacial score (nSPS) is 18.3. The van der Waals surface area contributed by atoms with Crippen molar-refractivity contribution in [2.45, 2.75) is 143 Å². The summed E-state index contributed by atoms with van der Waals surface area (Å²) >= 11 is 0. The molecular formula is C45H74N6O8. The second kappa shape index (κ2) is 22.0. The maximum Gasteiger partial charge on any atom is 0.410 e. The quantitative estimate of drug-likeness (QED) is 0.150. The molecule has 0 aliphatic carbocycles. The molecule has 0 bridgehead atoms. The van der Waals surface area contributed by atoms with Crippen molar-refractivity contribution < 1.29 is 38.2 Å². The van der Waals surface area contributed by atoms with E-state index < -0.39 is 53.7 Å². The second-order valence-electron chi connectivity index (χ2n) is 18.0. The first-order valence-electron chi connectivity index (χ1n) is 21.4. The van der Waals surface area contributed by atoms with Gasteiger partial charge in [0, 0.05) is 57.5 Å². The van der Waals surface area contributed by atoms with E-state index in [0.29, 0.717) is 25.9 Å². The fourth-order valence-electron chi connectivity index (χ4n) is 8.80. The zero-order valence-corrected chi connectivity index (χ0v) is 38.2. The van der Waals surface area contributed by atoms with Gasteiger partial charge in [0.15, 0.2) is 0 Å². The number of para-hydroxylation sites is 1. The average Bonchev–Trinajstić information content (AvgIpc) is 3.81. The van der Waals surface area contributed by atoms with Gasteiger partial charge in [-0.3, -0.25) is 34.3 Å². The van der Waals surface area contributed by atoms with Crippen molar-refractivity contribution in [3.8, 4) is 0 Å². The van der Waals surface area contributed by atoms with E-state index in [4.69, 9.17) is 14.2 Å². The number of hydrogen-bond donors (Lipinski definition) is 3. The van der Waals surface area contributed by atoms with Gasteiger partial charge >= 0.3 is 6.09 Å². The minimum atomic E-state index is -0.954. The fourth-order valence-corrected chi connectivity index (χ4v) is 8.80. The number of aromatic amines is 1. The molecule has 0 unspecified atom stereocenters. The Bertz CT molecular complexity index is 1700.